The second-order valence-corrected chi connectivity index (χ2v) is 6.06. The lowest BCUT2D eigenvalue weighted by Crippen LogP contribution is -2.43. The van der Waals surface area contributed by atoms with Crippen molar-refractivity contribution in [2.45, 2.75) is 26.2 Å². The Morgan fingerprint density at radius 1 is 1.29 bits per heavy atom. The number of carboxylic acid groups (broad SMARTS) is 1. The molecule has 1 saturated heterocycles. The van der Waals surface area contributed by atoms with Crippen molar-refractivity contribution >= 4 is 11.9 Å². The number of para-hydroxylation sites is 1. The van der Waals surface area contributed by atoms with Gasteiger partial charge in [0, 0.05) is 13.1 Å². The molecule has 7 nitrogen and oxygen atoms in total. The van der Waals surface area contributed by atoms with Crippen LogP contribution in [0.5, 0.6) is 0 Å². The Hall–Kier alpha value is -2.70. The zero-order chi connectivity index (χ0) is 17.1. The van der Waals surface area contributed by atoms with Gasteiger partial charge in [-0.2, -0.15) is 0 Å². The molecule has 0 radical (unpaired) electrons. The molecular formula is C17H20N4O3. The van der Waals surface area contributed by atoms with Crippen LogP contribution in [0, 0.1) is 12.8 Å². The number of nitrogens with zero attached hydrogens (tertiary/aromatic N) is 4. The van der Waals surface area contributed by atoms with Crippen molar-refractivity contribution < 1.29 is 14.7 Å². The van der Waals surface area contributed by atoms with Crippen LogP contribution < -0.4 is 0 Å². The highest BCUT2D eigenvalue weighted by Crippen LogP contribution is 2.18. The highest BCUT2D eigenvalue weighted by Gasteiger charge is 2.28. The van der Waals surface area contributed by atoms with E-state index in [4.69, 9.17) is 5.11 Å². The summed E-state index contributed by atoms with van der Waals surface area (Å²) in [5, 5.41) is 17.4. The van der Waals surface area contributed by atoms with Gasteiger partial charge in [-0.05, 0) is 31.9 Å². The number of carbonyl (C=O) groups excluding carboxylic acids is 1. The quantitative estimate of drug-likeness (QED) is 0.917. The largest absolute Gasteiger partial charge is 0.481 e. The molecule has 0 spiro atoms. The third-order valence-electron chi connectivity index (χ3n) is 4.43. The zero-order valence-corrected chi connectivity index (χ0v) is 13.6. The third kappa shape index (κ3) is 3.29. The van der Waals surface area contributed by atoms with Crippen molar-refractivity contribution in [3.63, 3.8) is 0 Å². The minimum atomic E-state index is -0.835. The number of carboxylic acids is 1. The summed E-state index contributed by atoms with van der Waals surface area (Å²) in [6.45, 7) is 2.76. The molecule has 1 aliphatic rings. The van der Waals surface area contributed by atoms with Crippen molar-refractivity contribution in [3.05, 3.63) is 41.7 Å². The van der Waals surface area contributed by atoms with Crippen LogP contribution in [0.1, 0.15) is 24.2 Å². The van der Waals surface area contributed by atoms with Gasteiger partial charge in [-0.25, -0.2) is 4.68 Å². The van der Waals surface area contributed by atoms with Gasteiger partial charge in [0.05, 0.1) is 29.4 Å². The van der Waals surface area contributed by atoms with Crippen molar-refractivity contribution in [2.75, 3.05) is 13.1 Å². The van der Waals surface area contributed by atoms with Gasteiger partial charge >= 0.3 is 5.97 Å². The van der Waals surface area contributed by atoms with Crippen LogP contribution in [-0.2, 0) is 16.0 Å². The Morgan fingerprint density at radius 3 is 2.75 bits per heavy atom. The predicted molar refractivity (Wildman–Crippen MR) is 86.7 cm³/mol. The fourth-order valence-corrected chi connectivity index (χ4v) is 3.00. The average molecular weight is 328 g/mol. The van der Waals surface area contributed by atoms with E-state index in [-0.39, 0.29) is 18.9 Å². The maximum atomic E-state index is 12.5. The number of piperidine rings is 1. The number of hydrogen-bond acceptors (Lipinski definition) is 4. The van der Waals surface area contributed by atoms with Gasteiger partial charge in [-0.1, -0.05) is 23.4 Å². The van der Waals surface area contributed by atoms with Crippen molar-refractivity contribution in [1.82, 2.24) is 19.9 Å². The predicted octanol–water partition coefficient (Wildman–Crippen LogP) is 1.44. The summed E-state index contributed by atoms with van der Waals surface area (Å²) in [6, 6.07) is 9.61. The summed E-state index contributed by atoms with van der Waals surface area (Å²) >= 11 is 0. The van der Waals surface area contributed by atoms with E-state index < -0.39 is 11.9 Å². The smallest absolute Gasteiger partial charge is 0.308 e. The first-order valence-corrected chi connectivity index (χ1v) is 8.03. The number of hydrogen-bond donors (Lipinski definition) is 1. The van der Waals surface area contributed by atoms with Crippen LogP contribution >= 0.6 is 0 Å². The second kappa shape index (κ2) is 6.82. The number of likely N-dealkylation sites (tertiary alicyclic amines) is 1. The standard InChI is InChI=1S/C17H20N4O3/c1-12-15(18-19-21(12)14-7-3-2-4-8-14)10-16(22)20-9-5-6-13(11-20)17(23)24/h2-4,7-8,13H,5-6,9-11H2,1H3,(H,23,24). The van der Waals surface area contributed by atoms with E-state index in [0.717, 1.165) is 17.8 Å². The fourth-order valence-electron chi connectivity index (χ4n) is 3.00. The Balaban J connectivity index is 1.71. The minimum absolute atomic E-state index is 0.0934. The van der Waals surface area contributed by atoms with Gasteiger partial charge in [0.1, 0.15) is 0 Å². The molecule has 1 aromatic heterocycles. The molecule has 1 N–H and O–H groups in total. The van der Waals surface area contributed by atoms with Crippen LogP contribution in [0.2, 0.25) is 0 Å². The summed E-state index contributed by atoms with van der Waals surface area (Å²) in [7, 11) is 0. The lowest BCUT2D eigenvalue weighted by Gasteiger charge is -2.30. The Bertz CT molecular complexity index is 742. The first kappa shape index (κ1) is 16.2. The number of aromatic nitrogens is 3. The molecule has 2 aromatic rings. The molecule has 126 valence electrons. The molecule has 0 aliphatic carbocycles. The number of aliphatic carboxylic acids is 1. The summed E-state index contributed by atoms with van der Waals surface area (Å²) in [5.74, 6) is -1.40. The SMILES string of the molecule is Cc1c(CC(=O)N2CCCC(C(=O)O)C2)nnn1-c1ccccc1. The van der Waals surface area contributed by atoms with Gasteiger partial charge in [0.2, 0.25) is 5.91 Å². The van der Waals surface area contributed by atoms with Crippen LogP contribution in [0.25, 0.3) is 5.69 Å². The Labute approximate surface area is 139 Å². The molecule has 0 saturated carbocycles. The summed E-state index contributed by atoms with van der Waals surface area (Å²) < 4.78 is 1.71. The molecule has 1 aromatic carbocycles. The Morgan fingerprint density at radius 2 is 2.04 bits per heavy atom. The number of amides is 1. The minimum Gasteiger partial charge on any atom is -0.481 e. The highest BCUT2D eigenvalue weighted by molar-refractivity contribution is 5.80. The van der Waals surface area contributed by atoms with Gasteiger partial charge in [-0.15, -0.1) is 5.10 Å². The zero-order valence-electron chi connectivity index (χ0n) is 13.6. The van der Waals surface area contributed by atoms with Gasteiger partial charge in [0.25, 0.3) is 0 Å². The summed E-state index contributed by atoms with van der Waals surface area (Å²) in [4.78, 5) is 25.2. The molecule has 1 unspecified atom stereocenters. The van der Waals surface area contributed by atoms with Gasteiger partial charge < -0.3 is 10.0 Å². The lowest BCUT2D eigenvalue weighted by molar-refractivity contribution is -0.145. The maximum absolute atomic E-state index is 12.5. The number of rotatable bonds is 4. The summed E-state index contributed by atoms with van der Waals surface area (Å²) in [5.41, 5.74) is 2.34. The molecule has 24 heavy (non-hydrogen) atoms. The molecule has 3 rings (SSSR count). The number of carbonyl (C=O) groups is 2. The van der Waals surface area contributed by atoms with Gasteiger partial charge in [-0.3, -0.25) is 9.59 Å². The highest BCUT2D eigenvalue weighted by atomic mass is 16.4. The van der Waals surface area contributed by atoms with Crippen molar-refractivity contribution in [3.8, 4) is 5.69 Å². The molecule has 1 amide bonds. The number of benzene rings is 1. The molecule has 0 bridgehead atoms. The topological polar surface area (TPSA) is 88.3 Å². The van der Waals surface area contributed by atoms with E-state index in [1.54, 1.807) is 9.58 Å². The van der Waals surface area contributed by atoms with Crippen LogP contribution in [0.15, 0.2) is 30.3 Å². The van der Waals surface area contributed by atoms with E-state index >= 15 is 0 Å². The second-order valence-electron chi connectivity index (χ2n) is 6.06. The van der Waals surface area contributed by atoms with Crippen molar-refractivity contribution in [1.29, 1.82) is 0 Å². The normalized spacial score (nSPS) is 17.7. The van der Waals surface area contributed by atoms with Crippen LogP contribution in [0.3, 0.4) is 0 Å². The molecule has 1 aliphatic heterocycles. The molecule has 7 heteroatoms. The lowest BCUT2D eigenvalue weighted by atomic mass is 9.98. The van der Waals surface area contributed by atoms with E-state index in [2.05, 4.69) is 10.3 Å². The molecule has 1 atom stereocenters. The van der Waals surface area contributed by atoms with Crippen molar-refractivity contribution in [2.24, 2.45) is 5.92 Å². The summed E-state index contributed by atoms with van der Waals surface area (Å²) in [6.07, 6.45) is 1.49. The average Bonchev–Trinajstić information content (AvgIpc) is 2.96. The Kier molecular flexibility index (Phi) is 4.59. The van der Waals surface area contributed by atoms with Gasteiger partial charge in [0.15, 0.2) is 0 Å². The van der Waals surface area contributed by atoms with E-state index in [1.165, 1.54) is 0 Å². The first-order chi connectivity index (χ1) is 11.6. The van der Waals surface area contributed by atoms with E-state index in [0.29, 0.717) is 18.7 Å². The fraction of sp³-hybridized carbons (Fsp3) is 0.412. The van der Waals surface area contributed by atoms with Crippen LogP contribution in [0.4, 0.5) is 0 Å². The first-order valence-electron chi connectivity index (χ1n) is 8.03. The van der Waals surface area contributed by atoms with Crippen LogP contribution in [-0.4, -0.2) is 50.0 Å². The van der Waals surface area contributed by atoms with E-state index in [9.17, 15) is 9.59 Å². The maximum Gasteiger partial charge on any atom is 0.308 e. The molecule has 2 heterocycles. The molecular weight excluding hydrogens is 308 g/mol. The monoisotopic (exact) mass is 328 g/mol. The third-order valence-corrected chi connectivity index (χ3v) is 4.43. The molecule has 1 fully saturated rings. The van der Waals surface area contributed by atoms with E-state index in [1.807, 2.05) is 37.3 Å².